The lowest BCUT2D eigenvalue weighted by atomic mass is 10.3. The Morgan fingerprint density at radius 2 is 1.77 bits per heavy atom. The number of methoxy groups -OCH3 is 3. The van der Waals surface area contributed by atoms with Crippen LogP contribution in [0.2, 0.25) is 6.04 Å². The predicted molar refractivity (Wildman–Crippen MR) is 58.6 cm³/mol. The van der Waals surface area contributed by atoms with Crippen LogP contribution in [0.5, 0.6) is 0 Å². The first-order chi connectivity index (χ1) is 5.70. The summed E-state index contributed by atoms with van der Waals surface area (Å²) in [7, 11) is 7.70. The Hall–Kier alpha value is 0.347. The Labute approximate surface area is 89.1 Å². The molecule has 0 bridgehead atoms. The summed E-state index contributed by atoms with van der Waals surface area (Å²) in [5, 5.41) is 2.97. The molecule has 6 heteroatoms. The molecule has 0 aromatic heterocycles. The second-order valence-corrected chi connectivity index (χ2v) is 3.27. The molecule has 0 rings (SSSR count). The van der Waals surface area contributed by atoms with Gasteiger partial charge in [-0.1, -0.05) is 0 Å². The summed E-state index contributed by atoms with van der Waals surface area (Å²) in [6.45, 7) is 0. The van der Waals surface area contributed by atoms with E-state index >= 15 is 0 Å². The molecule has 0 aliphatic rings. The number of halogens is 1. The van der Waals surface area contributed by atoms with E-state index in [0.29, 0.717) is 0 Å². The van der Waals surface area contributed by atoms with E-state index < -0.39 is 5.91 Å². The molecule has 0 aliphatic heterocycles. The van der Waals surface area contributed by atoms with Crippen molar-refractivity contribution in [2.45, 2.75) is 18.1 Å². The van der Waals surface area contributed by atoms with Gasteiger partial charge in [0.25, 0.3) is 5.91 Å². The number of ether oxygens (including phenoxy) is 3. The average Bonchev–Trinajstić information content (AvgIpc) is 2.14. The van der Waals surface area contributed by atoms with E-state index in [0.717, 1.165) is 16.3 Å². The van der Waals surface area contributed by atoms with Crippen molar-refractivity contribution in [3.05, 3.63) is 0 Å². The van der Waals surface area contributed by atoms with Crippen molar-refractivity contribution >= 4 is 22.6 Å². The van der Waals surface area contributed by atoms with Crippen molar-refractivity contribution in [2.24, 2.45) is 0 Å². The van der Waals surface area contributed by atoms with Gasteiger partial charge in [0.2, 0.25) is 0 Å². The fraction of sp³-hybridized carbons (Fsp3) is 1.00. The van der Waals surface area contributed by atoms with Gasteiger partial charge in [0.15, 0.2) is 0 Å². The van der Waals surface area contributed by atoms with E-state index in [1.807, 2.05) is 0 Å². The second-order valence-electron chi connectivity index (χ2n) is 2.46. The van der Waals surface area contributed by atoms with Crippen LogP contribution in [-0.2, 0) is 14.2 Å². The fourth-order valence-corrected chi connectivity index (χ4v) is 2.17. The van der Waals surface area contributed by atoms with Crippen LogP contribution in [0.25, 0.3) is 0 Å². The third kappa shape index (κ3) is 3.53. The Balaban J connectivity index is 0. The average molecular weight is 230 g/mol. The van der Waals surface area contributed by atoms with E-state index in [4.69, 9.17) is 14.2 Å². The molecule has 0 fully saturated rings. The van der Waals surface area contributed by atoms with Crippen LogP contribution < -0.4 is 5.32 Å². The summed E-state index contributed by atoms with van der Waals surface area (Å²) >= 11 is 0. The fourth-order valence-electron chi connectivity index (χ4n) is 1.30. The smallest absolute Gasteiger partial charge is 0.253 e. The lowest BCUT2D eigenvalue weighted by Crippen LogP contribution is -2.56. The van der Waals surface area contributed by atoms with Crippen LogP contribution >= 0.6 is 12.4 Å². The maximum absolute atomic E-state index is 5.26. The van der Waals surface area contributed by atoms with Crippen LogP contribution in [0, 0.1) is 0 Å². The first-order valence-corrected chi connectivity index (χ1v) is 5.44. The molecule has 1 unspecified atom stereocenters. The van der Waals surface area contributed by atoms with Gasteiger partial charge < -0.3 is 14.2 Å². The number of hydrogen-bond donors (Lipinski definition) is 1. The van der Waals surface area contributed by atoms with Crippen LogP contribution in [0.4, 0.5) is 0 Å². The van der Waals surface area contributed by atoms with E-state index in [2.05, 4.69) is 5.32 Å². The van der Waals surface area contributed by atoms with E-state index in [-0.39, 0.29) is 18.5 Å². The van der Waals surface area contributed by atoms with E-state index in [9.17, 15) is 0 Å². The first-order valence-electron chi connectivity index (χ1n) is 4.02. The van der Waals surface area contributed by atoms with Crippen molar-refractivity contribution in [3.63, 3.8) is 0 Å². The maximum atomic E-state index is 5.26. The zero-order chi connectivity index (χ0) is 9.61. The van der Waals surface area contributed by atoms with Crippen LogP contribution in [0.1, 0.15) is 0 Å². The minimum Gasteiger partial charge on any atom is -0.375 e. The molecule has 82 valence electrons. The summed E-state index contributed by atoms with van der Waals surface area (Å²) in [4.78, 5) is 0. The lowest BCUT2D eigenvalue weighted by molar-refractivity contribution is -0.275. The zero-order valence-corrected chi connectivity index (χ0v) is 11.7. The molecular formula is C7H20ClNO3Si. The summed E-state index contributed by atoms with van der Waals surface area (Å²) in [5.41, 5.74) is 0. The molecule has 4 nitrogen and oxygen atoms in total. The molecule has 1 atom stereocenters. The minimum absolute atomic E-state index is 0. The molecule has 13 heavy (non-hydrogen) atoms. The van der Waals surface area contributed by atoms with Gasteiger partial charge in [0, 0.05) is 31.6 Å². The number of hydrogen-bond acceptors (Lipinski definition) is 4. The molecule has 0 aliphatic carbocycles. The van der Waals surface area contributed by atoms with Gasteiger partial charge in [-0.15, -0.1) is 12.4 Å². The Morgan fingerprint density at radius 1 is 1.31 bits per heavy atom. The first kappa shape index (κ1) is 15.8. The van der Waals surface area contributed by atoms with Crippen molar-refractivity contribution in [3.8, 4) is 0 Å². The standard InChI is InChI=1S/C7H19NO3Si.ClH/c1-8-7(10-3,11-4)6(5-12)9-2;/h6,8H,5H2,1-4,12H3;1H. The quantitative estimate of drug-likeness (QED) is 0.487. The molecule has 1 N–H and O–H groups in total. The predicted octanol–water partition coefficient (Wildman–Crippen LogP) is -0.627. The van der Waals surface area contributed by atoms with Crippen LogP contribution in [0.3, 0.4) is 0 Å². The lowest BCUT2D eigenvalue weighted by Gasteiger charge is -2.36. The van der Waals surface area contributed by atoms with Gasteiger partial charge >= 0.3 is 0 Å². The highest BCUT2D eigenvalue weighted by molar-refractivity contribution is 6.08. The molecule has 0 heterocycles. The maximum Gasteiger partial charge on any atom is 0.253 e. The molecule has 0 radical (unpaired) electrons. The third-order valence-electron chi connectivity index (χ3n) is 2.03. The SMILES string of the molecule is CNC(OC)(OC)C(C[SiH3])OC.Cl. The van der Waals surface area contributed by atoms with Crippen molar-refractivity contribution < 1.29 is 14.2 Å². The third-order valence-corrected chi connectivity index (χ3v) is 2.78. The highest BCUT2D eigenvalue weighted by Gasteiger charge is 2.37. The monoisotopic (exact) mass is 229 g/mol. The molecule has 0 amide bonds. The van der Waals surface area contributed by atoms with Gasteiger partial charge in [0.05, 0.1) is 0 Å². The van der Waals surface area contributed by atoms with Crippen LogP contribution in [0.15, 0.2) is 0 Å². The normalized spacial score (nSPS) is 13.8. The summed E-state index contributed by atoms with van der Waals surface area (Å²) in [6.07, 6.45) is -0.0517. The number of nitrogens with one attached hydrogen (secondary N) is 1. The molecular weight excluding hydrogens is 210 g/mol. The number of likely N-dealkylation sites (N-methyl/N-ethyl adjacent to an activating group) is 1. The van der Waals surface area contributed by atoms with Crippen molar-refractivity contribution in [1.82, 2.24) is 5.32 Å². The largest absolute Gasteiger partial charge is 0.375 e. The van der Waals surface area contributed by atoms with Gasteiger partial charge in [-0.2, -0.15) is 0 Å². The molecule has 0 saturated carbocycles. The Kier molecular flexibility index (Phi) is 9.39. The van der Waals surface area contributed by atoms with Gasteiger partial charge in [0.1, 0.15) is 6.10 Å². The highest BCUT2D eigenvalue weighted by Crippen LogP contribution is 2.17. The molecule has 0 spiro atoms. The van der Waals surface area contributed by atoms with Gasteiger partial charge in [-0.25, -0.2) is 0 Å². The molecule has 0 aromatic carbocycles. The van der Waals surface area contributed by atoms with Gasteiger partial charge in [-0.3, -0.25) is 5.32 Å². The summed E-state index contributed by atoms with van der Waals surface area (Å²) in [6, 6.07) is 0.957. The zero-order valence-electron chi connectivity index (χ0n) is 8.92. The number of rotatable bonds is 6. The molecule has 0 aromatic rings. The Bertz CT molecular complexity index is 112. The summed E-state index contributed by atoms with van der Waals surface area (Å²) < 4.78 is 15.7. The topological polar surface area (TPSA) is 39.7 Å². The highest BCUT2D eigenvalue weighted by atomic mass is 35.5. The Morgan fingerprint density at radius 3 is 1.85 bits per heavy atom. The summed E-state index contributed by atoms with van der Waals surface area (Å²) in [5.74, 6) is -0.795. The minimum atomic E-state index is -0.795. The van der Waals surface area contributed by atoms with Crippen molar-refractivity contribution in [1.29, 1.82) is 0 Å². The van der Waals surface area contributed by atoms with E-state index in [1.54, 1.807) is 28.4 Å². The second kappa shape index (κ2) is 7.72. The van der Waals surface area contributed by atoms with Gasteiger partial charge in [-0.05, 0) is 13.1 Å². The van der Waals surface area contributed by atoms with Crippen LogP contribution in [-0.4, -0.2) is 50.6 Å². The molecule has 0 saturated heterocycles. The van der Waals surface area contributed by atoms with E-state index in [1.165, 1.54) is 0 Å². The van der Waals surface area contributed by atoms with Crippen molar-refractivity contribution in [2.75, 3.05) is 28.4 Å².